The third-order valence-electron chi connectivity index (χ3n) is 5.80. The van der Waals surface area contributed by atoms with Gasteiger partial charge in [0, 0.05) is 38.4 Å². The second kappa shape index (κ2) is 12.1. The predicted octanol–water partition coefficient (Wildman–Crippen LogP) is 3.71. The summed E-state index contributed by atoms with van der Waals surface area (Å²) >= 11 is 0. The highest BCUT2D eigenvalue weighted by molar-refractivity contribution is 6.10. The number of nitrogens with zero attached hydrogens (tertiary/aromatic N) is 2. The number of ether oxygens (including phenoxy) is 1. The average Bonchev–Trinajstić information content (AvgIpc) is 2.87. The number of benzene rings is 3. The van der Waals surface area contributed by atoms with Crippen LogP contribution in [0.25, 0.3) is 0 Å². The topological polar surface area (TPSA) is 73.9 Å². The zero-order valence-electron chi connectivity index (χ0n) is 19.5. The van der Waals surface area contributed by atoms with Gasteiger partial charge in [0.2, 0.25) is 5.91 Å². The molecule has 0 saturated carbocycles. The molecule has 0 unspecified atom stereocenters. The van der Waals surface area contributed by atoms with Crippen LogP contribution in [0, 0.1) is 5.82 Å². The summed E-state index contributed by atoms with van der Waals surface area (Å²) in [5.74, 6) is -0.0572. The Kier molecular flexibility index (Phi) is 8.43. The lowest BCUT2D eigenvalue weighted by Gasteiger charge is -2.34. The monoisotopic (exact) mass is 476 g/mol. The van der Waals surface area contributed by atoms with Crippen molar-refractivity contribution in [1.82, 2.24) is 9.80 Å². The molecule has 0 aromatic heterocycles. The summed E-state index contributed by atoms with van der Waals surface area (Å²) in [5.41, 5.74) is 1.26. The molecule has 1 fully saturated rings. The van der Waals surface area contributed by atoms with Crippen LogP contribution in [0.2, 0.25) is 0 Å². The van der Waals surface area contributed by atoms with Crippen LogP contribution >= 0.6 is 0 Å². The molecule has 0 bridgehead atoms. The Hall–Kier alpha value is -3.75. The number of hydrogen-bond acceptors (Lipinski definition) is 5. The predicted molar refractivity (Wildman–Crippen MR) is 134 cm³/mol. The Morgan fingerprint density at radius 3 is 2.20 bits per heavy atom. The lowest BCUT2D eigenvalue weighted by molar-refractivity contribution is -0.117. The SMILES string of the molecule is O=C(CN1CCN(CCOc2ccccc2)CC1)Nc1ccccc1C(=O)Nc1ccc(F)cc1. The number of amides is 2. The molecule has 0 spiro atoms. The third-order valence-corrected chi connectivity index (χ3v) is 5.80. The summed E-state index contributed by atoms with van der Waals surface area (Å²) in [6, 6.07) is 22.1. The van der Waals surface area contributed by atoms with Crippen molar-refractivity contribution in [2.75, 3.05) is 56.5 Å². The molecule has 7 nitrogen and oxygen atoms in total. The van der Waals surface area contributed by atoms with Crippen molar-refractivity contribution in [2.24, 2.45) is 0 Å². The lowest BCUT2D eigenvalue weighted by Crippen LogP contribution is -2.49. The normalized spacial score (nSPS) is 14.3. The summed E-state index contributed by atoms with van der Waals surface area (Å²) in [6.07, 6.45) is 0. The first-order valence-corrected chi connectivity index (χ1v) is 11.7. The van der Waals surface area contributed by atoms with Crippen molar-refractivity contribution >= 4 is 23.2 Å². The Labute approximate surface area is 204 Å². The first kappa shape index (κ1) is 24.4. The Morgan fingerprint density at radius 1 is 0.800 bits per heavy atom. The van der Waals surface area contributed by atoms with Gasteiger partial charge in [-0.05, 0) is 48.5 Å². The van der Waals surface area contributed by atoms with Gasteiger partial charge in [-0.1, -0.05) is 30.3 Å². The van der Waals surface area contributed by atoms with E-state index >= 15 is 0 Å². The van der Waals surface area contributed by atoms with Gasteiger partial charge >= 0.3 is 0 Å². The van der Waals surface area contributed by atoms with E-state index in [0.717, 1.165) is 38.5 Å². The maximum Gasteiger partial charge on any atom is 0.257 e. The van der Waals surface area contributed by atoms with Crippen LogP contribution in [0.4, 0.5) is 15.8 Å². The maximum atomic E-state index is 13.1. The molecule has 1 aliphatic heterocycles. The molecule has 3 aromatic carbocycles. The van der Waals surface area contributed by atoms with Gasteiger partial charge in [0.15, 0.2) is 0 Å². The van der Waals surface area contributed by atoms with Crippen LogP contribution in [0.1, 0.15) is 10.4 Å². The van der Waals surface area contributed by atoms with Crippen LogP contribution in [0.15, 0.2) is 78.9 Å². The number of halogens is 1. The highest BCUT2D eigenvalue weighted by Gasteiger charge is 2.20. The van der Waals surface area contributed by atoms with E-state index in [9.17, 15) is 14.0 Å². The molecule has 182 valence electrons. The fraction of sp³-hybridized carbons (Fsp3) is 0.259. The smallest absolute Gasteiger partial charge is 0.257 e. The van der Waals surface area contributed by atoms with Crippen LogP contribution < -0.4 is 15.4 Å². The molecule has 2 N–H and O–H groups in total. The van der Waals surface area contributed by atoms with E-state index in [1.807, 2.05) is 30.3 Å². The number of nitrogens with one attached hydrogen (secondary N) is 2. The van der Waals surface area contributed by atoms with Crippen molar-refractivity contribution in [2.45, 2.75) is 0 Å². The van der Waals surface area contributed by atoms with E-state index in [-0.39, 0.29) is 24.2 Å². The summed E-state index contributed by atoms with van der Waals surface area (Å²) < 4.78 is 18.9. The fourth-order valence-electron chi connectivity index (χ4n) is 3.89. The molecule has 2 amide bonds. The van der Waals surface area contributed by atoms with E-state index in [1.165, 1.54) is 24.3 Å². The van der Waals surface area contributed by atoms with Crippen molar-refractivity contribution in [1.29, 1.82) is 0 Å². The number of anilines is 2. The molecule has 1 saturated heterocycles. The van der Waals surface area contributed by atoms with Crippen LogP contribution in [0.3, 0.4) is 0 Å². The molecule has 8 heteroatoms. The highest BCUT2D eigenvalue weighted by atomic mass is 19.1. The number of hydrogen-bond donors (Lipinski definition) is 2. The minimum Gasteiger partial charge on any atom is -0.492 e. The van der Waals surface area contributed by atoms with E-state index in [1.54, 1.807) is 24.3 Å². The van der Waals surface area contributed by atoms with Crippen molar-refractivity contribution in [3.63, 3.8) is 0 Å². The largest absolute Gasteiger partial charge is 0.492 e. The minimum absolute atomic E-state index is 0.173. The molecular weight excluding hydrogens is 447 g/mol. The zero-order valence-corrected chi connectivity index (χ0v) is 19.5. The molecule has 0 radical (unpaired) electrons. The number of piperazine rings is 1. The number of carbonyl (C=O) groups excluding carboxylic acids is 2. The number of carbonyl (C=O) groups is 2. The number of para-hydroxylation sites is 2. The average molecular weight is 477 g/mol. The zero-order chi connectivity index (χ0) is 24.5. The van der Waals surface area contributed by atoms with Gasteiger partial charge in [0.25, 0.3) is 5.91 Å². The van der Waals surface area contributed by atoms with Crippen LogP contribution in [-0.2, 0) is 4.79 Å². The van der Waals surface area contributed by atoms with Gasteiger partial charge in [-0.3, -0.25) is 19.4 Å². The first-order chi connectivity index (χ1) is 17.1. The van der Waals surface area contributed by atoms with Gasteiger partial charge in [-0.15, -0.1) is 0 Å². The molecule has 1 aliphatic rings. The summed E-state index contributed by atoms with van der Waals surface area (Å²) in [4.78, 5) is 29.9. The molecule has 0 atom stereocenters. The fourth-order valence-corrected chi connectivity index (χ4v) is 3.89. The molecule has 1 heterocycles. The van der Waals surface area contributed by atoms with Gasteiger partial charge in [-0.25, -0.2) is 4.39 Å². The van der Waals surface area contributed by atoms with Gasteiger partial charge in [0.05, 0.1) is 17.8 Å². The molecule has 3 aromatic rings. The number of rotatable bonds is 9. The van der Waals surface area contributed by atoms with E-state index < -0.39 is 0 Å². The van der Waals surface area contributed by atoms with Gasteiger partial charge in [0.1, 0.15) is 18.2 Å². The van der Waals surface area contributed by atoms with Crippen LogP contribution in [-0.4, -0.2) is 67.5 Å². The van der Waals surface area contributed by atoms with E-state index in [2.05, 4.69) is 20.4 Å². The standard InChI is InChI=1S/C27H29FN4O3/c28-21-10-12-22(13-11-21)29-27(34)24-8-4-5-9-25(24)30-26(33)20-32-16-14-31(15-17-32)18-19-35-23-6-2-1-3-7-23/h1-13H,14-20H2,(H,29,34)(H,30,33). The summed E-state index contributed by atoms with van der Waals surface area (Å²) in [6.45, 7) is 5.01. The Bertz CT molecular complexity index is 1120. The Balaban J connectivity index is 1.22. The van der Waals surface area contributed by atoms with E-state index in [4.69, 9.17) is 4.74 Å². The van der Waals surface area contributed by atoms with Crippen molar-refractivity contribution < 1.29 is 18.7 Å². The quantitative estimate of drug-likeness (QED) is 0.493. The second-order valence-corrected chi connectivity index (χ2v) is 8.33. The first-order valence-electron chi connectivity index (χ1n) is 11.7. The minimum atomic E-state index is -0.378. The molecular formula is C27H29FN4O3. The molecule has 35 heavy (non-hydrogen) atoms. The summed E-state index contributed by atoms with van der Waals surface area (Å²) in [5, 5.41) is 5.59. The third kappa shape index (κ3) is 7.37. The van der Waals surface area contributed by atoms with Gasteiger partial charge < -0.3 is 15.4 Å². The molecule has 0 aliphatic carbocycles. The van der Waals surface area contributed by atoms with Crippen molar-refractivity contribution in [3.8, 4) is 5.75 Å². The van der Waals surface area contributed by atoms with Gasteiger partial charge in [-0.2, -0.15) is 0 Å². The van der Waals surface area contributed by atoms with Crippen LogP contribution in [0.5, 0.6) is 5.75 Å². The summed E-state index contributed by atoms with van der Waals surface area (Å²) in [7, 11) is 0. The second-order valence-electron chi connectivity index (χ2n) is 8.33. The maximum absolute atomic E-state index is 13.1. The highest BCUT2D eigenvalue weighted by Crippen LogP contribution is 2.18. The lowest BCUT2D eigenvalue weighted by atomic mass is 10.1. The molecule has 4 rings (SSSR count). The van der Waals surface area contributed by atoms with Crippen molar-refractivity contribution in [3.05, 3.63) is 90.2 Å². The van der Waals surface area contributed by atoms with E-state index in [0.29, 0.717) is 23.5 Å². The Morgan fingerprint density at radius 2 is 1.46 bits per heavy atom.